The standard InChI is InChI=1S/C23H17FN2O5/c1-26-8-14(13-7-16(24)11(9-27)6-17(13)26)19-20(23(29)25-22(19)28)15-10-31-21-12(15)4-3-5-18(21)30-2/h3-8,10,27H,9H2,1-2H3,(H,25,28,29). The Hall–Kier alpha value is -3.91. The molecule has 2 N–H and O–H groups in total. The van der Waals surface area contributed by atoms with E-state index in [2.05, 4.69) is 5.32 Å². The second-order valence-electron chi connectivity index (χ2n) is 7.29. The highest BCUT2D eigenvalue weighted by Gasteiger charge is 2.35. The number of halogens is 1. The van der Waals surface area contributed by atoms with Crippen molar-refractivity contribution in [3.63, 3.8) is 0 Å². The number of hydrogen-bond acceptors (Lipinski definition) is 5. The molecule has 0 fully saturated rings. The molecule has 2 aromatic carbocycles. The lowest BCUT2D eigenvalue weighted by molar-refractivity contribution is -0.122. The number of benzene rings is 2. The molecule has 0 aliphatic carbocycles. The minimum atomic E-state index is -0.590. The smallest absolute Gasteiger partial charge is 0.259 e. The number of carbonyl (C=O) groups is 2. The monoisotopic (exact) mass is 420 g/mol. The van der Waals surface area contributed by atoms with Crippen LogP contribution in [0, 0.1) is 5.82 Å². The number of ether oxygens (including phenoxy) is 1. The van der Waals surface area contributed by atoms with Crippen molar-refractivity contribution in [3.05, 3.63) is 65.3 Å². The van der Waals surface area contributed by atoms with Crippen molar-refractivity contribution in [1.82, 2.24) is 9.88 Å². The summed E-state index contributed by atoms with van der Waals surface area (Å²) < 4.78 is 27.1. The van der Waals surface area contributed by atoms with E-state index in [1.807, 2.05) is 0 Å². The highest BCUT2D eigenvalue weighted by atomic mass is 19.1. The van der Waals surface area contributed by atoms with Gasteiger partial charge >= 0.3 is 0 Å². The molecule has 0 unspecified atom stereocenters. The summed E-state index contributed by atoms with van der Waals surface area (Å²) in [6.07, 6.45) is 3.08. The van der Waals surface area contributed by atoms with E-state index in [1.165, 1.54) is 25.5 Å². The minimum absolute atomic E-state index is 0.136. The summed E-state index contributed by atoms with van der Waals surface area (Å²) >= 11 is 0. The molecule has 1 aliphatic rings. The zero-order valence-corrected chi connectivity index (χ0v) is 16.7. The largest absolute Gasteiger partial charge is 0.493 e. The molecule has 0 radical (unpaired) electrons. The Labute approximate surface area is 175 Å². The first-order chi connectivity index (χ1) is 14.9. The van der Waals surface area contributed by atoms with Crippen LogP contribution < -0.4 is 10.1 Å². The van der Waals surface area contributed by atoms with E-state index in [-0.39, 0.29) is 16.7 Å². The summed E-state index contributed by atoms with van der Waals surface area (Å²) in [5.74, 6) is -1.22. The van der Waals surface area contributed by atoms with Crippen LogP contribution >= 0.6 is 0 Å². The predicted octanol–water partition coefficient (Wildman–Crippen LogP) is 3.13. The molecule has 2 amide bonds. The molecule has 31 heavy (non-hydrogen) atoms. The lowest BCUT2D eigenvalue weighted by Gasteiger charge is -2.04. The summed E-state index contributed by atoms with van der Waals surface area (Å²) in [6, 6.07) is 8.07. The molecule has 4 aromatic rings. The minimum Gasteiger partial charge on any atom is -0.493 e. The van der Waals surface area contributed by atoms with Gasteiger partial charge in [0.15, 0.2) is 11.3 Å². The van der Waals surface area contributed by atoms with E-state index in [1.54, 1.807) is 36.0 Å². The average molecular weight is 420 g/mol. The molecule has 0 saturated heterocycles. The van der Waals surface area contributed by atoms with E-state index in [0.29, 0.717) is 38.7 Å². The Balaban J connectivity index is 1.83. The maximum Gasteiger partial charge on any atom is 0.259 e. The Morgan fingerprint density at radius 1 is 1.13 bits per heavy atom. The number of aryl methyl sites for hydroxylation is 1. The Bertz CT molecular complexity index is 1440. The number of aliphatic hydroxyl groups excluding tert-OH is 1. The van der Waals surface area contributed by atoms with E-state index < -0.39 is 24.2 Å². The molecule has 8 heteroatoms. The van der Waals surface area contributed by atoms with Crippen LogP contribution in [0.2, 0.25) is 0 Å². The van der Waals surface area contributed by atoms with Crippen molar-refractivity contribution in [1.29, 1.82) is 0 Å². The van der Waals surface area contributed by atoms with E-state index >= 15 is 0 Å². The van der Waals surface area contributed by atoms with Crippen LogP contribution in [0.4, 0.5) is 4.39 Å². The molecule has 1 aliphatic heterocycles. The van der Waals surface area contributed by atoms with Crippen molar-refractivity contribution in [2.45, 2.75) is 6.61 Å². The second-order valence-corrected chi connectivity index (χ2v) is 7.29. The maximum absolute atomic E-state index is 14.5. The van der Waals surface area contributed by atoms with Crippen LogP contribution in [-0.4, -0.2) is 28.6 Å². The molecule has 5 rings (SSSR count). The molecule has 0 spiro atoms. The molecule has 0 atom stereocenters. The van der Waals surface area contributed by atoms with Crippen LogP contribution in [0.15, 0.2) is 47.2 Å². The van der Waals surface area contributed by atoms with Gasteiger partial charge in [0.05, 0.1) is 24.9 Å². The zero-order valence-electron chi connectivity index (χ0n) is 16.7. The third kappa shape index (κ3) is 2.69. The number of aromatic nitrogens is 1. The molecule has 0 bridgehead atoms. The van der Waals surface area contributed by atoms with Gasteiger partial charge in [-0.25, -0.2) is 4.39 Å². The first-order valence-corrected chi connectivity index (χ1v) is 9.47. The molecule has 156 valence electrons. The molecule has 0 saturated carbocycles. The Kier molecular flexibility index (Phi) is 4.19. The van der Waals surface area contributed by atoms with E-state index in [0.717, 1.165) is 0 Å². The van der Waals surface area contributed by atoms with Gasteiger partial charge in [-0.1, -0.05) is 12.1 Å². The second kappa shape index (κ2) is 6.82. The van der Waals surface area contributed by atoms with Crippen LogP contribution in [-0.2, 0) is 23.2 Å². The van der Waals surface area contributed by atoms with Crippen molar-refractivity contribution in [2.75, 3.05) is 7.11 Å². The number of carbonyl (C=O) groups excluding carboxylic acids is 2. The van der Waals surface area contributed by atoms with E-state index in [4.69, 9.17) is 9.15 Å². The summed E-state index contributed by atoms with van der Waals surface area (Å²) in [5, 5.41) is 12.8. The van der Waals surface area contributed by atoms with Crippen molar-refractivity contribution in [3.8, 4) is 5.75 Å². The maximum atomic E-state index is 14.5. The predicted molar refractivity (Wildman–Crippen MR) is 112 cm³/mol. The fraction of sp³-hybridized carbons (Fsp3) is 0.130. The van der Waals surface area contributed by atoms with Gasteiger partial charge in [0.25, 0.3) is 11.8 Å². The van der Waals surface area contributed by atoms with Gasteiger partial charge in [0.1, 0.15) is 12.1 Å². The number of aliphatic hydroxyl groups is 1. The summed E-state index contributed by atoms with van der Waals surface area (Å²) in [7, 11) is 3.26. The first-order valence-electron chi connectivity index (χ1n) is 9.47. The summed E-state index contributed by atoms with van der Waals surface area (Å²) in [5.41, 5.74) is 2.37. The molecular weight excluding hydrogens is 403 g/mol. The van der Waals surface area contributed by atoms with Gasteiger partial charge < -0.3 is 18.8 Å². The molecular formula is C23H17FN2O5. The highest BCUT2D eigenvalue weighted by molar-refractivity contribution is 6.50. The molecule has 2 aromatic heterocycles. The number of methoxy groups -OCH3 is 1. The van der Waals surface area contributed by atoms with E-state index in [9.17, 15) is 19.1 Å². The van der Waals surface area contributed by atoms with Crippen LogP contribution in [0.5, 0.6) is 5.75 Å². The number of nitrogens with one attached hydrogen (secondary N) is 1. The number of furan rings is 1. The fourth-order valence-corrected chi connectivity index (χ4v) is 4.12. The number of amides is 2. The van der Waals surface area contributed by atoms with Crippen LogP contribution in [0.3, 0.4) is 0 Å². The van der Waals surface area contributed by atoms with Gasteiger partial charge in [-0.3, -0.25) is 14.9 Å². The molecule has 7 nitrogen and oxygen atoms in total. The van der Waals surface area contributed by atoms with Gasteiger partial charge in [-0.15, -0.1) is 0 Å². The first kappa shape index (κ1) is 19.1. The third-order valence-corrected chi connectivity index (χ3v) is 5.58. The quantitative estimate of drug-likeness (QED) is 0.495. The number of nitrogens with zero attached hydrogens (tertiary/aromatic N) is 1. The van der Waals surface area contributed by atoms with Gasteiger partial charge in [-0.2, -0.15) is 0 Å². The number of imide groups is 1. The van der Waals surface area contributed by atoms with Gasteiger partial charge in [0, 0.05) is 46.2 Å². The summed E-state index contributed by atoms with van der Waals surface area (Å²) in [6.45, 7) is -0.446. The molecule has 3 heterocycles. The number of fused-ring (bicyclic) bond motifs is 2. The van der Waals surface area contributed by atoms with Crippen molar-refractivity contribution < 1.29 is 28.2 Å². The third-order valence-electron chi connectivity index (χ3n) is 5.58. The number of hydrogen-bond donors (Lipinski definition) is 2. The zero-order chi connectivity index (χ0) is 21.9. The van der Waals surface area contributed by atoms with Gasteiger partial charge in [-0.05, 0) is 18.2 Å². The SMILES string of the molecule is COc1cccc2c(C3=C(c4cn(C)c5cc(CO)c(F)cc45)C(=O)NC3=O)coc12. The average Bonchev–Trinajstić information content (AvgIpc) is 3.40. The number of para-hydroxylation sites is 1. The Morgan fingerprint density at radius 3 is 2.58 bits per heavy atom. The summed E-state index contributed by atoms with van der Waals surface area (Å²) in [4.78, 5) is 25.6. The topological polar surface area (TPSA) is 93.7 Å². The van der Waals surface area contributed by atoms with Crippen LogP contribution in [0.1, 0.15) is 16.7 Å². The number of rotatable bonds is 4. The normalized spacial score (nSPS) is 14.2. The lowest BCUT2D eigenvalue weighted by Crippen LogP contribution is -2.22. The fourth-order valence-electron chi connectivity index (χ4n) is 4.12. The van der Waals surface area contributed by atoms with Crippen molar-refractivity contribution in [2.24, 2.45) is 7.05 Å². The van der Waals surface area contributed by atoms with Gasteiger partial charge in [0.2, 0.25) is 0 Å². The van der Waals surface area contributed by atoms with Crippen molar-refractivity contribution >= 4 is 44.8 Å². The highest BCUT2D eigenvalue weighted by Crippen LogP contribution is 2.40. The Morgan fingerprint density at radius 2 is 1.87 bits per heavy atom. The lowest BCUT2D eigenvalue weighted by atomic mass is 9.95. The van der Waals surface area contributed by atoms with Crippen LogP contribution in [0.25, 0.3) is 33.0 Å².